The Balaban J connectivity index is 1.18. The molecule has 1 aromatic heterocycles. The minimum absolute atomic E-state index is 0.0279. The summed E-state index contributed by atoms with van der Waals surface area (Å²) in [4.78, 5) is 28.4. The van der Waals surface area contributed by atoms with E-state index in [4.69, 9.17) is 47.0 Å². The van der Waals surface area contributed by atoms with Crippen molar-refractivity contribution in [2.24, 2.45) is 0 Å². The Morgan fingerprint density at radius 1 is 0.587 bits per heavy atom. The molecular formula is C48H56O27. The van der Waals surface area contributed by atoms with E-state index in [9.17, 15) is 86.2 Å². The number of aliphatic hydroxyl groups excluding tert-OH is 11. The van der Waals surface area contributed by atoms with E-state index in [-0.39, 0.29) is 22.6 Å². The lowest BCUT2D eigenvalue weighted by Gasteiger charge is -2.47. The minimum atomic E-state index is -2.21. The summed E-state index contributed by atoms with van der Waals surface area (Å²) < 4.78 is 58.8. The van der Waals surface area contributed by atoms with Gasteiger partial charge in [0.05, 0.1) is 25.9 Å². The fourth-order valence-corrected chi connectivity index (χ4v) is 8.78. The van der Waals surface area contributed by atoms with E-state index in [2.05, 4.69) is 0 Å². The van der Waals surface area contributed by atoms with Crippen LogP contribution >= 0.6 is 0 Å². The molecule has 0 aliphatic carbocycles. The number of carbonyl (C=O) groups is 1. The van der Waals surface area contributed by atoms with Crippen LogP contribution in [-0.4, -0.2) is 225 Å². The molecule has 8 rings (SSSR count). The second-order valence-electron chi connectivity index (χ2n) is 18.1. The number of hydrogen-bond donors (Lipinski definition) is 15. The number of phenols is 4. The van der Waals surface area contributed by atoms with Gasteiger partial charge in [0.15, 0.2) is 30.7 Å². The van der Waals surface area contributed by atoms with E-state index in [1.54, 1.807) is 0 Å². The van der Waals surface area contributed by atoms with Crippen molar-refractivity contribution >= 4 is 23.0 Å². The predicted octanol–water partition coefficient (Wildman–Crippen LogP) is -3.77. The summed E-state index contributed by atoms with van der Waals surface area (Å²) in [6.45, 7) is -1.36. The normalized spacial score (nSPS) is 36.4. The molecule has 75 heavy (non-hydrogen) atoms. The summed E-state index contributed by atoms with van der Waals surface area (Å²) in [5.74, 6) is -4.10. The van der Waals surface area contributed by atoms with Crippen molar-refractivity contribution < 1.29 is 128 Å². The number of carbonyl (C=O) groups excluding carboxylic acids is 1. The molecule has 0 spiro atoms. The molecular weight excluding hydrogens is 1010 g/mol. The van der Waals surface area contributed by atoms with Gasteiger partial charge >= 0.3 is 5.97 Å². The molecule has 5 heterocycles. The van der Waals surface area contributed by atoms with E-state index in [1.807, 2.05) is 0 Å². The largest absolute Gasteiger partial charge is 0.508 e. The Kier molecular flexibility index (Phi) is 17.3. The first kappa shape index (κ1) is 55.6. The number of ether oxygens (including phenoxy) is 9. The lowest BCUT2D eigenvalue weighted by Crippen LogP contribution is -2.66. The highest BCUT2D eigenvalue weighted by atomic mass is 16.8. The Morgan fingerprint density at radius 3 is 1.73 bits per heavy atom. The number of fused-ring (bicyclic) bond motifs is 1. The third-order valence-electron chi connectivity index (χ3n) is 12.9. The zero-order chi connectivity index (χ0) is 54.2. The average molecular weight is 1060 g/mol. The standard InChI is InChI=1S/C48H56O27/c1-17-30(56)41(73-46-37(63)35(61)31(57)25(14-49)69-46)39(65)45(67-17)66-16-27-33(59)42(74-47-38(64)36(62)32(58)26(15-50)70-47)44(72-28(55)11-4-18-2-7-20(51)8-3-18)48(71-27)75-43-34(60)29-23(54)12-22(53)13-24(29)68-40(43)19-5-9-21(52)10-6-19/h2-13,17,25-27,30-33,35-39,41-42,44-54,56-59,61-65H,14-16H2,1H3/t17-,25+,26+,27+,30-,31+,32+,33+,35-,36-,37+,38+,39+,41+,42-,44+,45+,46-,47-,48-/m0/s1. The maximum atomic E-state index is 14.6. The average Bonchev–Trinajstić information content (AvgIpc) is 3.38. The van der Waals surface area contributed by atoms with Crippen molar-refractivity contribution in [3.63, 3.8) is 0 Å². The fraction of sp³-hybridized carbons (Fsp3) is 0.500. The van der Waals surface area contributed by atoms with E-state index >= 15 is 0 Å². The van der Waals surface area contributed by atoms with Gasteiger partial charge in [0, 0.05) is 23.8 Å². The van der Waals surface area contributed by atoms with E-state index in [1.165, 1.54) is 61.5 Å². The lowest BCUT2D eigenvalue weighted by atomic mass is 9.96. The van der Waals surface area contributed by atoms with Gasteiger partial charge in [0.1, 0.15) is 119 Å². The third-order valence-corrected chi connectivity index (χ3v) is 12.9. The number of rotatable bonds is 15. The van der Waals surface area contributed by atoms with Crippen molar-refractivity contribution in [2.75, 3.05) is 19.8 Å². The molecule has 4 aromatic rings. The second kappa shape index (κ2) is 23.3. The van der Waals surface area contributed by atoms with Crippen LogP contribution < -0.4 is 10.2 Å². The zero-order valence-electron chi connectivity index (χ0n) is 39.2. The molecule has 27 heteroatoms. The second-order valence-corrected chi connectivity index (χ2v) is 18.1. The van der Waals surface area contributed by atoms with Crippen molar-refractivity contribution in [1.82, 2.24) is 0 Å². The van der Waals surface area contributed by atoms with Crippen LogP contribution in [0.2, 0.25) is 0 Å². The highest BCUT2D eigenvalue weighted by molar-refractivity contribution is 5.88. The van der Waals surface area contributed by atoms with Gasteiger partial charge in [-0.3, -0.25) is 4.79 Å². The fourth-order valence-electron chi connectivity index (χ4n) is 8.78. The Labute approximate surface area is 422 Å². The molecule has 0 amide bonds. The first-order chi connectivity index (χ1) is 35.7. The van der Waals surface area contributed by atoms with E-state index < -0.39 is 182 Å². The van der Waals surface area contributed by atoms with Gasteiger partial charge in [-0.05, 0) is 55.0 Å². The zero-order valence-corrected chi connectivity index (χ0v) is 39.2. The SMILES string of the molecule is C[C@@H]1O[C@@H](OC[C@H]2O[C@@H](Oc3c(-c4ccc(O)cc4)oc4cc(O)cc(O)c4c3=O)[C@H](OC(=O)C=Cc3ccc(O)cc3)[C@@H](O[C@@H]3O[C@H](CO)[C@@H](O)[C@H](O)[C@H]3O)[C@@H]2O)[C@H](O)[C@H](O[C@@H]2O[C@H](CO)[C@@H](O)[C@H](O)[C@H]2O)[C@H]1O. The predicted molar refractivity (Wildman–Crippen MR) is 245 cm³/mol. The molecule has 0 radical (unpaired) electrons. The van der Waals surface area contributed by atoms with Gasteiger partial charge < -0.3 is 124 Å². The first-order valence-electron chi connectivity index (χ1n) is 23.2. The molecule has 4 fully saturated rings. The van der Waals surface area contributed by atoms with Crippen LogP contribution in [0.1, 0.15) is 12.5 Å². The van der Waals surface area contributed by atoms with Crippen LogP contribution in [0, 0.1) is 0 Å². The lowest BCUT2D eigenvalue weighted by molar-refractivity contribution is -0.368. The van der Waals surface area contributed by atoms with E-state index in [0.29, 0.717) is 5.56 Å². The summed E-state index contributed by atoms with van der Waals surface area (Å²) in [6.07, 6.45) is -35.6. The summed E-state index contributed by atoms with van der Waals surface area (Å²) in [5, 5.41) is 159. The summed E-state index contributed by atoms with van der Waals surface area (Å²) in [7, 11) is 0. The summed E-state index contributed by atoms with van der Waals surface area (Å²) in [6, 6.07) is 12.3. The van der Waals surface area contributed by atoms with Crippen LogP contribution in [0.5, 0.6) is 28.7 Å². The highest BCUT2D eigenvalue weighted by Crippen LogP contribution is 2.40. The molecule has 410 valence electrons. The topological polar surface area (TPSA) is 434 Å². The van der Waals surface area contributed by atoms with Crippen molar-refractivity contribution in [2.45, 2.75) is 130 Å². The molecule has 0 saturated carbocycles. The van der Waals surface area contributed by atoms with Crippen LogP contribution in [0.25, 0.3) is 28.4 Å². The van der Waals surface area contributed by atoms with Gasteiger partial charge in [-0.2, -0.15) is 0 Å². The van der Waals surface area contributed by atoms with Gasteiger partial charge in [-0.15, -0.1) is 0 Å². The molecule has 4 aliphatic heterocycles. The monoisotopic (exact) mass is 1060 g/mol. The first-order valence-corrected chi connectivity index (χ1v) is 23.2. The molecule has 3 aromatic carbocycles. The molecule has 4 aliphatic rings. The Hall–Kier alpha value is -5.64. The molecule has 27 nitrogen and oxygen atoms in total. The molecule has 0 bridgehead atoms. The third kappa shape index (κ3) is 11.7. The van der Waals surface area contributed by atoms with Crippen LogP contribution in [-0.2, 0) is 42.7 Å². The number of esters is 1. The number of hydrogen-bond acceptors (Lipinski definition) is 27. The molecule has 15 N–H and O–H groups in total. The summed E-state index contributed by atoms with van der Waals surface area (Å²) in [5.41, 5.74) is -1.11. The quantitative estimate of drug-likeness (QED) is 0.0401. The Bertz CT molecular complexity index is 2660. The molecule has 0 unspecified atom stereocenters. The summed E-state index contributed by atoms with van der Waals surface area (Å²) >= 11 is 0. The number of phenolic OH excluding ortho intramolecular Hbond substituents is 4. The highest BCUT2D eigenvalue weighted by Gasteiger charge is 2.55. The van der Waals surface area contributed by atoms with Gasteiger partial charge in [-0.1, -0.05) is 12.1 Å². The van der Waals surface area contributed by atoms with Crippen LogP contribution in [0.3, 0.4) is 0 Å². The maximum absolute atomic E-state index is 14.6. The van der Waals surface area contributed by atoms with Crippen molar-refractivity contribution in [1.29, 1.82) is 0 Å². The van der Waals surface area contributed by atoms with Crippen LogP contribution in [0.4, 0.5) is 0 Å². The number of aliphatic hydroxyl groups is 11. The van der Waals surface area contributed by atoms with Crippen molar-refractivity contribution in [3.8, 4) is 40.1 Å². The minimum Gasteiger partial charge on any atom is -0.508 e. The smallest absolute Gasteiger partial charge is 0.331 e. The number of aromatic hydroxyl groups is 4. The molecule has 20 atom stereocenters. The Morgan fingerprint density at radius 2 is 1.15 bits per heavy atom. The van der Waals surface area contributed by atoms with Gasteiger partial charge in [-0.25, -0.2) is 4.79 Å². The maximum Gasteiger partial charge on any atom is 0.331 e. The van der Waals surface area contributed by atoms with Gasteiger partial charge in [0.25, 0.3) is 0 Å². The van der Waals surface area contributed by atoms with Gasteiger partial charge in [0.2, 0.25) is 17.5 Å². The molecule has 4 saturated heterocycles. The van der Waals surface area contributed by atoms with E-state index in [0.717, 1.165) is 18.2 Å². The van der Waals surface area contributed by atoms with Crippen LogP contribution in [0.15, 0.2) is 76.0 Å². The number of benzene rings is 3. The van der Waals surface area contributed by atoms with Crippen molar-refractivity contribution in [3.05, 3.63) is 82.5 Å².